The molecule has 25 heavy (non-hydrogen) atoms. The number of carbonyl (C=O) groups is 2. The number of hydrogen-bond acceptors (Lipinski definition) is 6. The number of aryl methyl sites for hydroxylation is 2. The summed E-state index contributed by atoms with van der Waals surface area (Å²) in [6.07, 6.45) is 0. The minimum absolute atomic E-state index is 0.180. The van der Waals surface area contributed by atoms with Gasteiger partial charge in [0.2, 0.25) is 5.89 Å². The van der Waals surface area contributed by atoms with E-state index in [4.69, 9.17) is 9.15 Å². The van der Waals surface area contributed by atoms with Crippen LogP contribution in [0.1, 0.15) is 32.2 Å². The number of carbonyl (C=O) groups excluding carboxylic acids is 2. The average molecular weight is 356 g/mol. The first-order valence-corrected chi connectivity index (χ1v) is 8.39. The van der Waals surface area contributed by atoms with Crippen molar-refractivity contribution in [3.63, 3.8) is 0 Å². The van der Waals surface area contributed by atoms with Crippen molar-refractivity contribution < 1.29 is 18.7 Å². The highest BCUT2D eigenvalue weighted by Gasteiger charge is 2.21. The summed E-state index contributed by atoms with van der Waals surface area (Å²) in [5.74, 6) is -0.157. The van der Waals surface area contributed by atoms with Crippen LogP contribution in [0.25, 0.3) is 10.8 Å². The number of esters is 1. The third kappa shape index (κ3) is 3.46. The van der Waals surface area contributed by atoms with Crippen molar-refractivity contribution in [2.24, 2.45) is 0 Å². The van der Waals surface area contributed by atoms with Gasteiger partial charge < -0.3 is 14.5 Å². The van der Waals surface area contributed by atoms with Crippen LogP contribution in [-0.2, 0) is 4.74 Å². The maximum atomic E-state index is 12.6. The Balaban J connectivity index is 1.90. The Morgan fingerprint density at radius 2 is 2.04 bits per heavy atom. The zero-order chi connectivity index (χ0) is 18.0. The fourth-order valence-corrected chi connectivity index (χ4v) is 2.99. The molecule has 0 aliphatic carbocycles. The number of nitrogens with one attached hydrogen (secondary N) is 1. The molecule has 6 nitrogen and oxygen atoms in total. The average Bonchev–Trinajstić information content (AvgIpc) is 3.25. The SMILES string of the molecule is COC(=O)c1cc(C)ccc1NC(=O)c1nc(-c2cccs2)oc1C. The summed E-state index contributed by atoms with van der Waals surface area (Å²) in [6, 6.07) is 8.87. The van der Waals surface area contributed by atoms with Gasteiger partial charge in [-0.25, -0.2) is 9.78 Å². The van der Waals surface area contributed by atoms with E-state index >= 15 is 0 Å². The summed E-state index contributed by atoms with van der Waals surface area (Å²) in [7, 11) is 1.30. The number of thiophene rings is 1. The molecule has 3 rings (SSSR count). The van der Waals surface area contributed by atoms with Crippen LogP contribution in [-0.4, -0.2) is 24.0 Å². The zero-order valence-electron chi connectivity index (χ0n) is 14.0. The first kappa shape index (κ1) is 16.9. The number of hydrogen-bond donors (Lipinski definition) is 1. The van der Waals surface area contributed by atoms with Crippen molar-refractivity contribution in [3.05, 3.63) is 58.3 Å². The van der Waals surface area contributed by atoms with Gasteiger partial charge in [-0.15, -0.1) is 11.3 Å². The van der Waals surface area contributed by atoms with Gasteiger partial charge in [0.05, 0.1) is 23.2 Å². The number of benzene rings is 1. The van der Waals surface area contributed by atoms with Gasteiger partial charge in [-0.05, 0) is 37.4 Å². The van der Waals surface area contributed by atoms with Gasteiger partial charge >= 0.3 is 5.97 Å². The molecule has 0 bridgehead atoms. The minimum Gasteiger partial charge on any atom is -0.465 e. The maximum absolute atomic E-state index is 12.6. The Kier molecular flexibility index (Phi) is 4.67. The van der Waals surface area contributed by atoms with Crippen molar-refractivity contribution in [1.82, 2.24) is 4.98 Å². The second-order valence-electron chi connectivity index (χ2n) is 5.40. The summed E-state index contributed by atoms with van der Waals surface area (Å²) >= 11 is 1.48. The monoisotopic (exact) mass is 356 g/mol. The van der Waals surface area contributed by atoms with Gasteiger partial charge in [0.25, 0.3) is 5.91 Å². The molecule has 0 spiro atoms. The molecule has 2 aromatic heterocycles. The predicted octanol–water partition coefficient (Wildman–Crippen LogP) is 4.06. The molecule has 0 aliphatic rings. The maximum Gasteiger partial charge on any atom is 0.339 e. The van der Waals surface area contributed by atoms with Crippen LogP contribution in [0.4, 0.5) is 5.69 Å². The Morgan fingerprint density at radius 1 is 1.24 bits per heavy atom. The zero-order valence-corrected chi connectivity index (χ0v) is 14.8. The van der Waals surface area contributed by atoms with E-state index in [1.54, 1.807) is 25.1 Å². The number of ether oxygens (including phenoxy) is 1. The largest absolute Gasteiger partial charge is 0.465 e. The van der Waals surface area contributed by atoms with E-state index in [1.165, 1.54) is 18.4 Å². The van der Waals surface area contributed by atoms with E-state index in [-0.39, 0.29) is 11.3 Å². The standard InChI is InChI=1S/C18H16N2O4S/c1-10-6-7-13(12(9-10)18(22)23-3)19-16(21)15-11(2)24-17(20-15)14-5-4-8-25-14/h4-9H,1-3H3,(H,19,21). The number of methoxy groups -OCH3 is 1. The van der Waals surface area contributed by atoms with Gasteiger partial charge in [-0.3, -0.25) is 4.79 Å². The molecule has 1 amide bonds. The van der Waals surface area contributed by atoms with Gasteiger partial charge in [0.1, 0.15) is 5.76 Å². The molecule has 0 atom stereocenters. The Morgan fingerprint density at radius 3 is 2.72 bits per heavy atom. The van der Waals surface area contributed by atoms with Crippen molar-refractivity contribution in [2.45, 2.75) is 13.8 Å². The van der Waals surface area contributed by atoms with E-state index in [0.29, 0.717) is 17.3 Å². The minimum atomic E-state index is -0.518. The quantitative estimate of drug-likeness (QED) is 0.713. The lowest BCUT2D eigenvalue weighted by molar-refractivity contribution is 0.0602. The second kappa shape index (κ2) is 6.90. The first-order valence-electron chi connectivity index (χ1n) is 7.51. The smallest absolute Gasteiger partial charge is 0.339 e. The molecule has 0 fully saturated rings. The molecule has 1 aromatic carbocycles. The molecule has 0 aliphatic heterocycles. The van der Waals surface area contributed by atoms with E-state index in [0.717, 1.165) is 10.4 Å². The molecule has 128 valence electrons. The lowest BCUT2D eigenvalue weighted by Crippen LogP contribution is -2.16. The molecule has 0 saturated carbocycles. The summed E-state index contributed by atoms with van der Waals surface area (Å²) in [5, 5.41) is 4.62. The predicted molar refractivity (Wildman–Crippen MR) is 95.0 cm³/mol. The fraction of sp³-hybridized carbons (Fsp3) is 0.167. The number of rotatable bonds is 4. The highest BCUT2D eigenvalue weighted by atomic mass is 32.1. The van der Waals surface area contributed by atoms with Gasteiger partial charge in [-0.1, -0.05) is 17.7 Å². The van der Waals surface area contributed by atoms with Crippen LogP contribution < -0.4 is 5.32 Å². The molecule has 1 N–H and O–H groups in total. The van der Waals surface area contributed by atoms with Crippen molar-refractivity contribution in [1.29, 1.82) is 0 Å². The van der Waals surface area contributed by atoms with E-state index in [1.807, 2.05) is 24.4 Å². The van der Waals surface area contributed by atoms with Crippen LogP contribution in [0.5, 0.6) is 0 Å². The lowest BCUT2D eigenvalue weighted by atomic mass is 10.1. The number of anilines is 1. The number of nitrogens with zero attached hydrogens (tertiary/aromatic N) is 1. The topological polar surface area (TPSA) is 81.4 Å². The molecule has 2 heterocycles. The van der Waals surface area contributed by atoms with Crippen LogP contribution >= 0.6 is 11.3 Å². The number of amides is 1. The van der Waals surface area contributed by atoms with E-state index in [9.17, 15) is 9.59 Å². The fourth-order valence-electron chi connectivity index (χ4n) is 2.34. The molecule has 7 heteroatoms. The molecular formula is C18H16N2O4S. The Labute approximate surface area is 148 Å². The van der Waals surface area contributed by atoms with Crippen molar-refractivity contribution in [3.8, 4) is 10.8 Å². The summed E-state index contributed by atoms with van der Waals surface area (Å²) < 4.78 is 10.4. The highest BCUT2D eigenvalue weighted by Crippen LogP contribution is 2.27. The van der Waals surface area contributed by atoms with Crippen LogP contribution in [0.2, 0.25) is 0 Å². The highest BCUT2D eigenvalue weighted by molar-refractivity contribution is 7.13. The van der Waals surface area contributed by atoms with Gasteiger partial charge in [-0.2, -0.15) is 0 Å². The van der Waals surface area contributed by atoms with Crippen LogP contribution in [0.15, 0.2) is 40.1 Å². The van der Waals surface area contributed by atoms with Gasteiger partial charge in [0, 0.05) is 0 Å². The van der Waals surface area contributed by atoms with Gasteiger partial charge in [0.15, 0.2) is 5.69 Å². The molecule has 3 aromatic rings. The van der Waals surface area contributed by atoms with E-state index < -0.39 is 11.9 Å². The van der Waals surface area contributed by atoms with E-state index in [2.05, 4.69) is 10.3 Å². The van der Waals surface area contributed by atoms with Crippen LogP contribution in [0, 0.1) is 13.8 Å². The third-order valence-electron chi connectivity index (χ3n) is 3.57. The molecule has 0 radical (unpaired) electrons. The molecule has 0 unspecified atom stereocenters. The Hall–Kier alpha value is -2.93. The third-order valence-corrected chi connectivity index (χ3v) is 4.43. The molecular weight excluding hydrogens is 340 g/mol. The second-order valence-corrected chi connectivity index (χ2v) is 6.34. The first-order chi connectivity index (χ1) is 12.0. The molecule has 0 saturated heterocycles. The Bertz CT molecular complexity index is 929. The number of oxazole rings is 1. The van der Waals surface area contributed by atoms with Crippen molar-refractivity contribution in [2.75, 3.05) is 12.4 Å². The normalized spacial score (nSPS) is 10.5. The summed E-state index contributed by atoms with van der Waals surface area (Å²) in [4.78, 5) is 29.6. The van der Waals surface area contributed by atoms with Crippen LogP contribution in [0.3, 0.4) is 0 Å². The summed E-state index contributed by atoms with van der Waals surface area (Å²) in [6.45, 7) is 3.53. The number of aromatic nitrogens is 1. The summed E-state index contributed by atoms with van der Waals surface area (Å²) in [5.41, 5.74) is 1.72. The van der Waals surface area contributed by atoms with Crippen molar-refractivity contribution >= 4 is 28.9 Å². The lowest BCUT2D eigenvalue weighted by Gasteiger charge is -2.09.